The Hall–Kier alpha value is -16.8. The number of nitrogens with zero attached hydrogens (tertiary/aromatic N) is 6. The van der Waals surface area contributed by atoms with Crippen molar-refractivity contribution in [3.05, 3.63) is 497 Å². The quantitative estimate of drug-likeness (QED) is 0.0964. The van der Waals surface area contributed by atoms with E-state index in [-0.39, 0.29) is 0 Å². The van der Waals surface area contributed by atoms with Gasteiger partial charge >= 0.3 is 0 Å². The normalized spacial score (nSPS) is 11.5. The molecule has 0 aliphatic heterocycles. The Morgan fingerprint density at radius 2 is 0.310 bits per heavy atom. The van der Waals surface area contributed by atoms with Gasteiger partial charge in [0.2, 0.25) is 0 Å². The summed E-state index contributed by atoms with van der Waals surface area (Å²) in [6.07, 6.45) is 0. The molecule has 0 amide bonds. The molecule has 0 atom stereocenters. The third-order valence-electron chi connectivity index (χ3n) is 25.0. The summed E-state index contributed by atoms with van der Waals surface area (Å²) >= 11 is 0. The largest absolute Gasteiger partial charge is 0.311 e. The van der Waals surface area contributed by atoms with E-state index in [1.54, 1.807) is 0 Å². The Bertz CT molecular complexity index is 7990. The zero-order chi connectivity index (χ0) is 83.4. The second-order valence-corrected chi connectivity index (χ2v) is 32.4. The van der Waals surface area contributed by atoms with Crippen molar-refractivity contribution in [2.75, 3.05) is 9.80 Å². The standard InChI is InChI=1S/C66H45N3.C54H37N3/c1-5-17-46(18-6-1)51-41-52(47-19-7-2-8-20-47)43-53(42-51)48-29-33-57(34-30-48)68-64-28-16-14-26-60(64)62-44-49(32-40-65(62)68)50-31-39-61-59-25-13-15-27-63(59)69(66(61)45-50)58-37-35-56(36-38-58)67(54-21-9-3-10-22-54)55-23-11-4-12-24-55;1-4-14-38(15-5-1)39-24-28-45(29-25-39)56-52-23-13-11-21-48(52)50-36-40(27-35-53(50)56)41-26-34-49-47-20-10-12-22-51(47)57(54(49)37-41)46-32-30-44(31-33-46)55(42-16-6-2-7-17-42)43-18-8-3-9-19-43/h1-45H;1-37H. The maximum Gasteiger partial charge on any atom is 0.0547 e. The van der Waals surface area contributed by atoms with Gasteiger partial charge in [-0.25, -0.2) is 0 Å². The van der Waals surface area contributed by atoms with Crippen LogP contribution in [0.5, 0.6) is 0 Å². The molecule has 0 saturated carbocycles. The molecule has 4 heterocycles. The van der Waals surface area contributed by atoms with Crippen LogP contribution >= 0.6 is 0 Å². The van der Waals surface area contributed by atoms with E-state index in [1.165, 1.54) is 154 Å². The molecule has 0 radical (unpaired) electrons. The summed E-state index contributed by atoms with van der Waals surface area (Å²) < 4.78 is 9.64. The maximum absolute atomic E-state index is 2.42. The van der Waals surface area contributed by atoms with Crippen molar-refractivity contribution in [1.82, 2.24) is 18.3 Å². The minimum absolute atomic E-state index is 1.10. The van der Waals surface area contributed by atoms with Crippen molar-refractivity contribution in [2.45, 2.75) is 0 Å². The van der Waals surface area contributed by atoms with E-state index in [0.29, 0.717) is 0 Å². The van der Waals surface area contributed by atoms with Crippen LogP contribution < -0.4 is 9.80 Å². The monoisotopic (exact) mass is 1610 g/mol. The second-order valence-electron chi connectivity index (χ2n) is 32.4. The molecule has 0 unspecified atom stereocenters. The van der Waals surface area contributed by atoms with E-state index in [2.05, 4.69) is 526 Å². The average Bonchev–Trinajstić information content (AvgIpc) is 1.59. The molecule has 0 saturated heterocycles. The van der Waals surface area contributed by atoms with Gasteiger partial charge in [0.15, 0.2) is 0 Å². The van der Waals surface area contributed by atoms with E-state index in [9.17, 15) is 0 Å². The van der Waals surface area contributed by atoms with Crippen LogP contribution in [0.4, 0.5) is 34.1 Å². The average molecular weight is 1610 g/mol. The summed E-state index contributed by atoms with van der Waals surface area (Å²) in [4.78, 5) is 4.62. The van der Waals surface area contributed by atoms with Crippen LogP contribution in [0, 0.1) is 0 Å². The Labute approximate surface area is 731 Å². The number of aromatic nitrogens is 4. The van der Waals surface area contributed by atoms with Gasteiger partial charge in [-0.05, 0) is 267 Å². The Kier molecular flexibility index (Phi) is 18.8. The molecular weight excluding hydrogens is 1530 g/mol. The highest BCUT2D eigenvalue weighted by Crippen LogP contribution is 2.45. The summed E-state index contributed by atoms with van der Waals surface area (Å²) in [6.45, 7) is 0. The Morgan fingerprint density at radius 1 is 0.111 bits per heavy atom. The van der Waals surface area contributed by atoms with Gasteiger partial charge in [-0.3, -0.25) is 0 Å². The fourth-order valence-corrected chi connectivity index (χ4v) is 19.0. The van der Waals surface area contributed by atoms with E-state index in [1.807, 2.05) is 0 Å². The molecule has 4 aromatic heterocycles. The molecule has 0 fully saturated rings. The molecule has 126 heavy (non-hydrogen) atoms. The van der Waals surface area contributed by atoms with Gasteiger partial charge in [-0.1, -0.05) is 297 Å². The fourth-order valence-electron chi connectivity index (χ4n) is 19.0. The highest BCUT2D eigenvalue weighted by Gasteiger charge is 2.23. The molecular formula is C120H82N6. The Balaban J connectivity index is 0.000000148. The van der Waals surface area contributed by atoms with Crippen LogP contribution in [0.3, 0.4) is 0 Å². The molecule has 0 spiro atoms. The van der Waals surface area contributed by atoms with E-state index in [0.717, 1.165) is 56.9 Å². The fraction of sp³-hybridized carbons (Fsp3) is 0. The van der Waals surface area contributed by atoms with Crippen molar-refractivity contribution in [3.63, 3.8) is 0 Å². The summed E-state index contributed by atoms with van der Waals surface area (Å²) in [5.41, 5.74) is 35.1. The summed E-state index contributed by atoms with van der Waals surface area (Å²) in [5, 5.41) is 9.91. The second kappa shape index (κ2) is 32.0. The van der Waals surface area contributed by atoms with Crippen LogP contribution in [0.2, 0.25) is 0 Å². The number of fused-ring (bicyclic) bond motifs is 12. The minimum Gasteiger partial charge on any atom is -0.311 e. The van der Waals surface area contributed by atoms with Gasteiger partial charge in [0.25, 0.3) is 0 Å². The maximum atomic E-state index is 2.42. The van der Waals surface area contributed by atoms with Crippen molar-refractivity contribution in [2.24, 2.45) is 0 Å². The number of anilines is 6. The van der Waals surface area contributed by atoms with Gasteiger partial charge in [0, 0.05) is 100.0 Å². The first kappa shape index (κ1) is 74.3. The number of rotatable bonds is 16. The molecule has 0 N–H and O–H groups in total. The van der Waals surface area contributed by atoms with Crippen molar-refractivity contribution >= 4 is 121 Å². The first-order valence-corrected chi connectivity index (χ1v) is 43.2. The third kappa shape index (κ3) is 13.5. The minimum atomic E-state index is 1.10. The van der Waals surface area contributed by atoms with E-state index >= 15 is 0 Å². The zero-order valence-electron chi connectivity index (χ0n) is 69.0. The van der Waals surface area contributed by atoms with E-state index in [4.69, 9.17) is 0 Å². The predicted octanol–water partition coefficient (Wildman–Crippen LogP) is 32.7. The third-order valence-corrected chi connectivity index (χ3v) is 25.0. The number of benzene rings is 20. The molecule has 592 valence electrons. The van der Waals surface area contributed by atoms with Crippen LogP contribution in [0.15, 0.2) is 497 Å². The zero-order valence-corrected chi connectivity index (χ0v) is 69.0. The van der Waals surface area contributed by atoms with Crippen molar-refractivity contribution in [1.29, 1.82) is 0 Å². The van der Waals surface area contributed by atoms with Crippen LogP contribution in [0.1, 0.15) is 0 Å². The molecule has 20 aromatic carbocycles. The lowest BCUT2D eigenvalue weighted by atomic mass is 9.93. The molecule has 0 aliphatic rings. The topological polar surface area (TPSA) is 26.2 Å². The van der Waals surface area contributed by atoms with Gasteiger partial charge < -0.3 is 28.1 Å². The van der Waals surface area contributed by atoms with Crippen molar-refractivity contribution in [3.8, 4) is 89.5 Å². The SMILES string of the molecule is c1ccc(-c2cc(-c3ccccc3)cc(-c3ccc(-n4c5ccccc5c5cc(-c6ccc7c8ccccc8n(-c8ccc(N(c9ccccc9)c9ccccc9)cc8)c7c6)ccc54)cc3)c2)cc1.c1ccc(-c2ccc(-n3c4ccccc4c4cc(-c5ccc6c7ccccc7n(-c7ccc(N(c8ccccc8)c8ccccc8)cc7)c6c5)ccc43)cc2)cc1. The van der Waals surface area contributed by atoms with Crippen LogP contribution in [-0.4, -0.2) is 18.3 Å². The number of hydrogen-bond donors (Lipinski definition) is 0. The van der Waals surface area contributed by atoms with Crippen molar-refractivity contribution < 1.29 is 0 Å². The molecule has 6 heteroatoms. The highest BCUT2D eigenvalue weighted by atomic mass is 15.1. The van der Waals surface area contributed by atoms with Crippen LogP contribution in [-0.2, 0) is 0 Å². The summed E-state index contributed by atoms with van der Waals surface area (Å²) in [7, 11) is 0. The van der Waals surface area contributed by atoms with Crippen LogP contribution in [0.25, 0.3) is 177 Å². The summed E-state index contributed by atoms with van der Waals surface area (Å²) in [6, 6.07) is 180. The van der Waals surface area contributed by atoms with E-state index < -0.39 is 0 Å². The smallest absolute Gasteiger partial charge is 0.0547 e. The molecule has 0 bridgehead atoms. The number of hydrogen-bond acceptors (Lipinski definition) is 2. The summed E-state index contributed by atoms with van der Waals surface area (Å²) in [5.74, 6) is 0. The van der Waals surface area contributed by atoms with Gasteiger partial charge in [-0.2, -0.15) is 0 Å². The molecule has 0 aliphatic carbocycles. The lowest BCUT2D eigenvalue weighted by Crippen LogP contribution is -2.09. The van der Waals surface area contributed by atoms with Gasteiger partial charge in [-0.15, -0.1) is 0 Å². The Morgan fingerprint density at radius 3 is 0.627 bits per heavy atom. The molecule has 24 rings (SSSR count). The first-order valence-electron chi connectivity index (χ1n) is 43.2. The lowest BCUT2D eigenvalue weighted by molar-refractivity contribution is 1.17. The number of para-hydroxylation sites is 8. The first-order chi connectivity index (χ1) is 62.5. The predicted molar refractivity (Wildman–Crippen MR) is 532 cm³/mol. The van der Waals surface area contributed by atoms with Gasteiger partial charge in [0.1, 0.15) is 0 Å². The molecule has 24 aromatic rings. The highest BCUT2D eigenvalue weighted by molar-refractivity contribution is 6.15. The lowest BCUT2D eigenvalue weighted by Gasteiger charge is -2.25. The molecule has 6 nitrogen and oxygen atoms in total. The van der Waals surface area contributed by atoms with Gasteiger partial charge in [0.05, 0.1) is 44.1 Å².